The Morgan fingerprint density at radius 1 is 1.24 bits per heavy atom. The fourth-order valence-electron chi connectivity index (χ4n) is 2.36. The van der Waals surface area contributed by atoms with Gasteiger partial charge in [-0.1, -0.05) is 18.2 Å². The van der Waals surface area contributed by atoms with Crippen molar-refractivity contribution in [2.45, 2.75) is 13.5 Å². The Kier molecular flexibility index (Phi) is 3.64. The highest BCUT2D eigenvalue weighted by Crippen LogP contribution is 2.20. The molecule has 108 valence electrons. The smallest absolute Gasteiger partial charge is 0.356 e. The quantitative estimate of drug-likeness (QED) is 0.629. The Balaban J connectivity index is 1.76. The van der Waals surface area contributed by atoms with Gasteiger partial charge in [0.25, 0.3) is 0 Å². The van der Waals surface area contributed by atoms with E-state index in [0.29, 0.717) is 18.8 Å². The zero-order valence-corrected chi connectivity index (χ0v) is 11.8. The molecular formula is C16H17N3O2. The summed E-state index contributed by atoms with van der Waals surface area (Å²) in [5.41, 5.74) is 3.46. The lowest BCUT2D eigenvalue weighted by atomic mass is 10.2. The average molecular weight is 283 g/mol. The van der Waals surface area contributed by atoms with E-state index in [2.05, 4.69) is 21.4 Å². The molecule has 1 aromatic carbocycles. The standard InChI is InChI=1S/C16H17N3O2/c1-2-21-16(20)15-14(7-8-17-15)19-10-11-9-18-13-6-4-3-5-12(11)13/h3-9,17-19H,2,10H2,1H3. The molecule has 0 spiro atoms. The normalized spacial score (nSPS) is 10.7. The second kappa shape index (κ2) is 5.75. The van der Waals surface area contributed by atoms with Crippen LogP contribution in [0.2, 0.25) is 0 Å². The molecule has 0 atom stereocenters. The minimum Gasteiger partial charge on any atom is -0.461 e. The molecule has 0 amide bonds. The maximum absolute atomic E-state index is 11.8. The molecule has 0 bridgehead atoms. The van der Waals surface area contributed by atoms with Gasteiger partial charge in [0.2, 0.25) is 0 Å². The summed E-state index contributed by atoms with van der Waals surface area (Å²) in [6.45, 7) is 2.79. The number of carbonyl (C=O) groups is 1. The summed E-state index contributed by atoms with van der Waals surface area (Å²) < 4.78 is 5.02. The Bertz CT molecular complexity index is 758. The number of nitrogens with one attached hydrogen (secondary N) is 3. The van der Waals surface area contributed by atoms with E-state index in [1.807, 2.05) is 30.5 Å². The topological polar surface area (TPSA) is 69.9 Å². The molecule has 3 N–H and O–H groups in total. The van der Waals surface area contributed by atoms with Gasteiger partial charge in [-0.3, -0.25) is 0 Å². The Morgan fingerprint density at radius 2 is 2.10 bits per heavy atom. The lowest BCUT2D eigenvalue weighted by Gasteiger charge is -2.07. The number of hydrogen-bond donors (Lipinski definition) is 3. The van der Waals surface area contributed by atoms with Gasteiger partial charge in [0.15, 0.2) is 0 Å². The first-order valence-electron chi connectivity index (χ1n) is 6.93. The number of aromatic amines is 2. The number of esters is 1. The van der Waals surface area contributed by atoms with E-state index in [1.54, 1.807) is 13.1 Å². The molecule has 5 nitrogen and oxygen atoms in total. The average Bonchev–Trinajstić information content (AvgIpc) is 3.12. The SMILES string of the molecule is CCOC(=O)c1[nH]ccc1NCc1c[nH]c2ccccc12. The molecule has 0 unspecified atom stereocenters. The van der Waals surface area contributed by atoms with Gasteiger partial charge in [-0.05, 0) is 24.6 Å². The Hall–Kier alpha value is -2.69. The number of para-hydroxylation sites is 1. The van der Waals surface area contributed by atoms with Gasteiger partial charge in [0.1, 0.15) is 5.69 Å². The molecule has 0 aliphatic rings. The first-order valence-corrected chi connectivity index (χ1v) is 6.93. The molecule has 0 aliphatic heterocycles. The molecule has 21 heavy (non-hydrogen) atoms. The lowest BCUT2D eigenvalue weighted by molar-refractivity contribution is 0.0521. The summed E-state index contributed by atoms with van der Waals surface area (Å²) in [5, 5.41) is 4.45. The molecule has 2 aromatic heterocycles. The maximum Gasteiger partial charge on any atom is 0.356 e. The predicted molar refractivity (Wildman–Crippen MR) is 82.4 cm³/mol. The summed E-state index contributed by atoms with van der Waals surface area (Å²) in [7, 11) is 0. The summed E-state index contributed by atoms with van der Waals surface area (Å²) in [4.78, 5) is 17.9. The number of ether oxygens (including phenoxy) is 1. The Morgan fingerprint density at radius 3 is 2.95 bits per heavy atom. The van der Waals surface area contributed by atoms with Crippen molar-refractivity contribution >= 4 is 22.6 Å². The first-order chi connectivity index (χ1) is 10.3. The van der Waals surface area contributed by atoms with Crippen molar-refractivity contribution in [1.29, 1.82) is 0 Å². The van der Waals surface area contributed by atoms with Crippen molar-refractivity contribution in [3.05, 3.63) is 54.0 Å². The van der Waals surface area contributed by atoms with Crippen LogP contribution in [0.5, 0.6) is 0 Å². The third kappa shape index (κ3) is 2.63. The lowest BCUT2D eigenvalue weighted by Crippen LogP contribution is -2.09. The van der Waals surface area contributed by atoms with Crippen molar-refractivity contribution in [3.8, 4) is 0 Å². The van der Waals surface area contributed by atoms with E-state index in [1.165, 1.54) is 5.39 Å². The maximum atomic E-state index is 11.8. The van der Waals surface area contributed by atoms with Gasteiger partial charge in [0, 0.05) is 29.8 Å². The van der Waals surface area contributed by atoms with E-state index < -0.39 is 0 Å². The highest BCUT2D eigenvalue weighted by Gasteiger charge is 2.13. The second-order valence-electron chi connectivity index (χ2n) is 4.70. The first kappa shape index (κ1) is 13.3. The van der Waals surface area contributed by atoms with Crippen LogP contribution in [0.1, 0.15) is 23.0 Å². The van der Waals surface area contributed by atoms with Crippen LogP contribution in [0.3, 0.4) is 0 Å². The number of H-pyrrole nitrogens is 2. The number of benzene rings is 1. The number of anilines is 1. The molecule has 3 aromatic rings. The Labute approximate surface area is 122 Å². The van der Waals surface area contributed by atoms with Gasteiger partial charge in [0.05, 0.1) is 12.3 Å². The minimum atomic E-state index is -0.344. The molecule has 0 saturated carbocycles. The van der Waals surface area contributed by atoms with E-state index in [9.17, 15) is 4.79 Å². The molecule has 2 heterocycles. The fourth-order valence-corrected chi connectivity index (χ4v) is 2.36. The number of carbonyl (C=O) groups excluding carboxylic acids is 1. The van der Waals surface area contributed by atoms with E-state index in [-0.39, 0.29) is 5.97 Å². The van der Waals surface area contributed by atoms with Crippen LogP contribution in [0.25, 0.3) is 10.9 Å². The number of hydrogen-bond acceptors (Lipinski definition) is 3. The second-order valence-corrected chi connectivity index (χ2v) is 4.70. The number of aromatic nitrogens is 2. The third-order valence-corrected chi connectivity index (χ3v) is 3.37. The van der Waals surface area contributed by atoms with Gasteiger partial charge >= 0.3 is 5.97 Å². The summed E-state index contributed by atoms with van der Waals surface area (Å²) in [6.07, 6.45) is 3.71. The zero-order valence-electron chi connectivity index (χ0n) is 11.8. The highest BCUT2D eigenvalue weighted by atomic mass is 16.5. The van der Waals surface area contributed by atoms with Crippen LogP contribution in [-0.2, 0) is 11.3 Å². The van der Waals surface area contributed by atoms with E-state index in [0.717, 1.165) is 16.8 Å². The van der Waals surface area contributed by atoms with Crippen LogP contribution >= 0.6 is 0 Å². The van der Waals surface area contributed by atoms with Crippen LogP contribution in [0.4, 0.5) is 5.69 Å². The van der Waals surface area contributed by atoms with Crippen LogP contribution < -0.4 is 5.32 Å². The van der Waals surface area contributed by atoms with E-state index in [4.69, 9.17) is 4.74 Å². The van der Waals surface area contributed by atoms with Crippen molar-refractivity contribution in [2.24, 2.45) is 0 Å². The van der Waals surface area contributed by atoms with Crippen LogP contribution in [-0.4, -0.2) is 22.5 Å². The summed E-state index contributed by atoms with van der Waals surface area (Å²) in [5.74, 6) is -0.344. The largest absolute Gasteiger partial charge is 0.461 e. The molecule has 3 rings (SSSR count). The fraction of sp³-hybridized carbons (Fsp3) is 0.188. The van der Waals surface area contributed by atoms with Gasteiger partial charge in [-0.15, -0.1) is 0 Å². The van der Waals surface area contributed by atoms with Crippen LogP contribution in [0.15, 0.2) is 42.7 Å². The zero-order chi connectivity index (χ0) is 14.7. The van der Waals surface area contributed by atoms with Crippen molar-refractivity contribution < 1.29 is 9.53 Å². The monoisotopic (exact) mass is 283 g/mol. The predicted octanol–water partition coefficient (Wildman–Crippen LogP) is 3.28. The van der Waals surface area contributed by atoms with Crippen LogP contribution in [0, 0.1) is 0 Å². The molecule has 5 heteroatoms. The van der Waals surface area contributed by atoms with Crippen molar-refractivity contribution in [3.63, 3.8) is 0 Å². The molecule has 0 fully saturated rings. The van der Waals surface area contributed by atoms with Crippen molar-refractivity contribution in [1.82, 2.24) is 9.97 Å². The van der Waals surface area contributed by atoms with Crippen molar-refractivity contribution in [2.75, 3.05) is 11.9 Å². The minimum absolute atomic E-state index is 0.344. The molecule has 0 radical (unpaired) electrons. The van der Waals surface area contributed by atoms with Gasteiger partial charge in [-0.2, -0.15) is 0 Å². The number of fused-ring (bicyclic) bond motifs is 1. The van der Waals surface area contributed by atoms with E-state index >= 15 is 0 Å². The van der Waals surface area contributed by atoms with Gasteiger partial charge < -0.3 is 20.0 Å². The molecule has 0 aliphatic carbocycles. The highest BCUT2D eigenvalue weighted by molar-refractivity contribution is 5.93. The molecule has 0 saturated heterocycles. The third-order valence-electron chi connectivity index (χ3n) is 3.37. The molecular weight excluding hydrogens is 266 g/mol. The summed E-state index contributed by atoms with van der Waals surface area (Å²) >= 11 is 0. The van der Waals surface area contributed by atoms with Gasteiger partial charge in [-0.25, -0.2) is 4.79 Å². The summed E-state index contributed by atoms with van der Waals surface area (Å²) in [6, 6.07) is 9.97. The number of rotatable bonds is 5.